The molecule has 0 saturated heterocycles. The van der Waals surface area contributed by atoms with Crippen molar-refractivity contribution in [2.45, 2.75) is 79.1 Å². The number of aliphatic hydroxyl groups excluding tert-OH is 2. The maximum absolute atomic E-state index is 10.4. The Morgan fingerprint density at radius 1 is 0.708 bits per heavy atom. The average Bonchev–Trinajstić information content (AvgIpc) is 2.56. The van der Waals surface area contributed by atoms with Gasteiger partial charge in [-0.2, -0.15) is 0 Å². The lowest BCUT2D eigenvalue weighted by atomic mass is 10.00. The van der Waals surface area contributed by atoms with Gasteiger partial charge in [-0.05, 0) is 25.7 Å². The molecule has 0 radical (unpaired) electrons. The highest BCUT2D eigenvalue weighted by Crippen LogP contribution is 2.12. The Morgan fingerprint density at radius 2 is 1.00 bits per heavy atom. The largest absolute Gasteiger partial charge is 0.481 e. The van der Waals surface area contributed by atoms with Crippen molar-refractivity contribution < 1.29 is 30.0 Å². The summed E-state index contributed by atoms with van der Waals surface area (Å²) in [6.07, 6.45) is 7.43. The summed E-state index contributed by atoms with van der Waals surface area (Å²) >= 11 is 0. The molecule has 0 aromatic rings. The van der Waals surface area contributed by atoms with Crippen molar-refractivity contribution in [2.75, 3.05) is 13.2 Å². The van der Waals surface area contributed by atoms with Gasteiger partial charge in [0.05, 0.1) is 25.0 Å². The second-order valence-corrected chi connectivity index (χ2v) is 5.62. The van der Waals surface area contributed by atoms with Gasteiger partial charge < -0.3 is 20.4 Å². The normalized spacial score (nSPS) is 12.1. The highest BCUT2D eigenvalue weighted by molar-refractivity contribution is 5.70. The van der Waals surface area contributed by atoms with Crippen LogP contribution in [-0.2, 0) is 9.59 Å². The van der Waals surface area contributed by atoms with Gasteiger partial charge in [0.25, 0.3) is 0 Å². The quantitative estimate of drug-likeness (QED) is 0.453. The monoisotopic (exact) mass is 350 g/mol. The zero-order valence-corrected chi connectivity index (χ0v) is 15.8. The third-order valence-electron chi connectivity index (χ3n) is 3.60. The van der Waals surface area contributed by atoms with E-state index in [0.717, 1.165) is 51.4 Å². The minimum absolute atomic E-state index is 0.111. The summed E-state index contributed by atoms with van der Waals surface area (Å²) in [6.45, 7) is 7.76. The van der Waals surface area contributed by atoms with Crippen LogP contribution in [0.25, 0.3) is 0 Å². The maximum Gasteiger partial charge on any atom is 0.306 e. The smallest absolute Gasteiger partial charge is 0.306 e. The topological polar surface area (TPSA) is 115 Å². The Morgan fingerprint density at radius 3 is 1.12 bits per heavy atom. The Bertz CT molecular complexity index is 253. The molecule has 24 heavy (non-hydrogen) atoms. The molecule has 0 aliphatic carbocycles. The minimum atomic E-state index is -0.643. The van der Waals surface area contributed by atoms with E-state index in [4.69, 9.17) is 20.4 Å². The van der Waals surface area contributed by atoms with Gasteiger partial charge in [-0.25, -0.2) is 0 Å². The van der Waals surface area contributed by atoms with E-state index in [1.807, 2.05) is 13.8 Å². The van der Waals surface area contributed by atoms with Crippen LogP contribution in [0.2, 0.25) is 0 Å². The summed E-state index contributed by atoms with van der Waals surface area (Å²) in [6, 6.07) is 0. The molecule has 0 amide bonds. The van der Waals surface area contributed by atoms with E-state index in [0.29, 0.717) is 0 Å². The van der Waals surface area contributed by atoms with Crippen LogP contribution in [0.4, 0.5) is 0 Å². The summed E-state index contributed by atoms with van der Waals surface area (Å²) in [5, 5.41) is 32.4. The van der Waals surface area contributed by atoms with Crippen molar-refractivity contribution in [1.82, 2.24) is 0 Å². The van der Waals surface area contributed by atoms with Gasteiger partial charge in [0, 0.05) is 0 Å². The Kier molecular flexibility index (Phi) is 25.2. The zero-order valence-electron chi connectivity index (χ0n) is 15.8. The summed E-state index contributed by atoms with van der Waals surface area (Å²) in [4.78, 5) is 20.9. The molecule has 6 nitrogen and oxygen atoms in total. The third kappa shape index (κ3) is 20.9. The zero-order chi connectivity index (χ0) is 19.4. The van der Waals surface area contributed by atoms with Crippen molar-refractivity contribution in [2.24, 2.45) is 11.8 Å². The first kappa shape index (κ1) is 27.7. The second-order valence-electron chi connectivity index (χ2n) is 5.62. The van der Waals surface area contributed by atoms with Crippen LogP contribution in [-0.4, -0.2) is 45.6 Å². The van der Waals surface area contributed by atoms with Crippen molar-refractivity contribution in [3.8, 4) is 0 Å². The van der Waals surface area contributed by atoms with Gasteiger partial charge >= 0.3 is 11.9 Å². The fourth-order valence-corrected chi connectivity index (χ4v) is 1.91. The van der Waals surface area contributed by atoms with E-state index in [2.05, 4.69) is 13.8 Å². The van der Waals surface area contributed by atoms with Crippen molar-refractivity contribution in [3.63, 3.8) is 0 Å². The SMILES string of the molecule is CCCCC(CC)C(=O)O.CCCCC(CC)C(=O)O.OCCO. The molecule has 0 rings (SSSR count). The van der Waals surface area contributed by atoms with Crippen LogP contribution in [0.3, 0.4) is 0 Å². The standard InChI is InChI=1S/2C8H16O2.C2H6O2/c2*1-3-5-6-7(4-2)8(9)10;3-1-2-4/h2*7H,3-6H2,1-2H3,(H,9,10);3-4H,1-2H2. The van der Waals surface area contributed by atoms with Gasteiger partial charge in [-0.1, -0.05) is 53.4 Å². The molecule has 0 fully saturated rings. The third-order valence-corrected chi connectivity index (χ3v) is 3.60. The minimum Gasteiger partial charge on any atom is -0.481 e. The molecular formula is C18H38O6. The molecule has 0 bridgehead atoms. The van der Waals surface area contributed by atoms with Crippen molar-refractivity contribution in [3.05, 3.63) is 0 Å². The molecule has 4 N–H and O–H groups in total. The van der Waals surface area contributed by atoms with Gasteiger partial charge in [0.15, 0.2) is 0 Å². The summed E-state index contributed by atoms with van der Waals surface area (Å²) < 4.78 is 0. The van der Waals surface area contributed by atoms with Gasteiger partial charge in [-0.3, -0.25) is 9.59 Å². The van der Waals surface area contributed by atoms with E-state index in [1.165, 1.54) is 0 Å². The first-order valence-electron chi connectivity index (χ1n) is 9.03. The number of aliphatic hydroxyl groups is 2. The van der Waals surface area contributed by atoms with Gasteiger partial charge in [-0.15, -0.1) is 0 Å². The molecular weight excluding hydrogens is 312 g/mol. The molecule has 0 aliphatic rings. The van der Waals surface area contributed by atoms with Crippen LogP contribution < -0.4 is 0 Å². The average molecular weight is 350 g/mol. The molecule has 0 heterocycles. The van der Waals surface area contributed by atoms with Crippen LogP contribution in [0.1, 0.15) is 79.1 Å². The van der Waals surface area contributed by atoms with Gasteiger partial charge in [0.1, 0.15) is 0 Å². The number of carboxylic acid groups (broad SMARTS) is 2. The number of hydrogen-bond donors (Lipinski definition) is 4. The van der Waals surface area contributed by atoms with E-state index >= 15 is 0 Å². The first-order chi connectivity index (χ1) is 11.4. The molecule has 2 atom stereocenters. The van der Waals surface area contributed by atoms with E-state index in [-0.39, 0.29) is 25.0 Å². The second kappa shape index (κ2) is 21.9. The number of carbonyl (C=O) groups is 2. The predicted molar refractivity (Wildman–Crippen MR) is 96.1 cm³/mol. The highest BCUT2D eigenvalue weighted by atomic mass is 16.4. The molecule has 2 unspecified atom stereocenters. The summed E-state index contributed by atoms with van der Waals surface area (Å²) in [5.74, 6) is -1.51. The molecule has 0 aliphatic heterocycles. The van der Waals surface area contributed by atoms with Gasteiger partial charge in [0.2, 0.25) is 0 Å². The number of hydrogen-bond acceptors (Lipinski definition) is 4. The Hall–Kier alpha value is -1.14. The first-order valence-corrected chi connectivity index (χ1v) is 9.03. The summed E-state index contributed by atoms with van der Waals surface area (Å²) in [7, 11) is 0. The molecule has 0 aromatic heterocycles. The van der Waals surface area contributed by atoms with Crippen LogP contribution in [0.5, 0.6) is 0 Å². The molecule has 0 spiro atoms. The number of unbranched alkanes of at least 4 members (excludes halogenated alkanes) is 2. The molecule has 0 saturated carbocycles. The van der Waals surface area contributed by atoms with Crippen LogP contribution >= 0.6 is 0 Å². The number of aliphatic carboxylic acids is 2. The van der Waals surface area contributed by atoms with Crippen LogP contribution in [0, 0.1) is 11.8 Å². The number of carboxylic acids is 2. The summed E-state index contributed by atoms with van der Waals surface area (Å²) in [5.41, 5.74) is 0. The van der Waals surface area contributed by atoms with Crippen molar-refractivity contribution >= 4 is 11.9 Å². The molecule has 146 valence electrons. The predicted octanol–water partition coefficient (Wildman–Crippen LogP) is 3.55. The lowest BCUT2D eigenvalue weighted by molar-refractivity contribution is -0.143. The van der Waals surface area contributed by atoms with E-state index < -0.39 is 11.9 Å². The van der Waals surface area contributed by atoms with Crippen molar-refractivity contribution in [1.29, 1.82) is 0 Å². The molecule has 0 aromatic carbocycles. The maximum atomic E-state index is 10.4. The Balaban J connectivity index is -0.000000301. The lowest BCUT2D eigenvalue weighted by Gasteiger charge is -2.06. The highest BCUT2D eigenvalue weighted by Gasteiger charge is 2.13. The van der Waals surface area contributed by atoms with Crippen LogP contribution in [0.15, 0.2) is 0 Å². The lowest BCUT2D eigenvalue weighted by Crippen LogP contribution is -2.11. The Labute approximate surface area is 146 Å². The number of rotatable bonds is 11. The van der Waals surface area contributed by atoms with E-state index in [9.17, 15) is 9.59 Å². The van der Waals surface area contributed by atoms with E-state index in [1.54, 1.807) is 0 Å². The fraction of sp³-hybridized carbons (Fsp3) is 0.889. The molecule has 6 heteroatoms. The fourth-order valence-electron chi connectivity index (χ4n) is 1.91.